The van der Waals surface area contributed by atoms with E-state index in [-0.39, 0.29) is 0 Å². The number of hydrogen-bond acceptors (Lipinski definition) is 2. The van der Waals surface area contributed by atoms with E-state index in [4.69, 9.17) is 0 Å². The molecular weight excluding hydrogens is 258 g/mol. The van der Waals surface area contributed by atoms with Crippen LogP contribution in [0.4, 0.5) is 0 Å². The molecular formula is C18H19N3. The van der Waals surface area contributed by atoms with Crippen LogP contribution in [0.15, 0.2) is 54.7 Å². The molecule has 0 N–H and O–H groups in total. The summed E-state index contributed by atoms with van der Waals surface area (Å²) in [6, 6.07) is 17.2. The first kappa shape index (κ1) is 12.6. The van der Waals surface area contributed by atoms with Crippen molar-refractivity contribution < 1.29 is 0 Å². The third-order valence-electron chi connectivity index (χ3n) is 4.39. The van der Waals surface area contributed by atoms with E-state index < -0.39 is 0 Å². The minimum atomic E-state index is 0.954. The van der Waals surface area contributed by atoms with E-state index in [9.17, 15) is 0 Å². The van der Waals surface area contributed by atoms with Crippen LogP contribution in [0.1, 0.15) is 11.1 Å². The van der Waals surface area contributed by atoms with Gasteiger partial charge in [0.05, 0.1) is 18.3 Å². The lowest BCUT2D eigenvalue weighted by atomic mass is 10.00. The molecule has 2 heterocycles. The zero-order chi connectivity index (χ0) is 14.1. The fourth-order valence-electron chi connectivity index (χ4n) is 3.19. The molecule has 21 heavy (non-hydrogen) atoms. The van der Waals surface area contributed by atoms with Crippen LogP contribution in [0.2, 0.25) is 0 Å². The first-order valence-corrected chi connectivity index (χ1v) is 7.60. The first-order chi connectivity index (χ1) is 10.4. The lowest BCUT2D eigenvalue weighted by Gasteiger charge is -2.28. The number of hydrogen-bond donors (Lipinski definition) is 0. The monoisotopic (exact) mass is 277 g/mol. The first-order valence-electron chi connectivity index (χ1n) is 7.60. The third kappa shape index (κ3) is 2.45. The Morgan fingerprint density at radius 3 is 2.67 bits per heavy atom. The summed E-state index contributed by atoms with van der Waals surface area (Å²) >= 11 is 0. The fourth-order valence-corrected chi connectivity index (χ4v) is 3.19. The number of fused-ring (bicyclic) bond motifs is 2. The fraction of sp³-hybridized carbons (Fsp3) is 0.278. The molecule has 1 aliphatic rings. The molecule has 106 valence electrons. The highest BCUT2D eigenvalue weighted by atomic mass is 15.3. The lowest BCUT2D eigenvalue weighted by molar-refractivity contribution is 0.241. The van der Waals surface area contributed by atoms with Crippen molar-refractivity contribution in [2.24, 2.45) is 0 Å². The summed E-state index contributed by atoms with van der Waals surface area (Å²) in [5.74, 6) is 0. The van der Waals surface area contributed by atoms with Crippen LogP contribution in [0.25, 0.3) is 10.9 Å². The van der Waals surface area contributed by atoms with Gasteiger partial charge in [0.25, 0.3) is 0 Å². The molecule has 0 unspecified atom stereocenters. The molecule has 3 aromatic rings. The van der Waals surface area contributed by atoms with Crippen molar-refractivity contribution >= 4 is 10.9 Å². The van der Waals surface area contributed by atoms with Crippen LogP contribution >= 0.6 is 0 Å². The van der Waals surface area contributed by atoms with Crippen LogP contribution in [0, 0.1) is 0 Å². The molecule has 1 aromatic heterocycles. The predicted molar refractivity (Wildman–Crippen MR) is 85.2 cm³/mol. The van der Waals surface area contributed by atoms with Gasteiger partial charge in [-0.2, -0.15) is 5.10 Å². The number of para-hydroxylation sites is 1. The van der Waals surface area contributed by atoms with E-state index in [1.807, 2.05) is 6.20 Å². The summed E-state index contributed by atoms with van der Waals surface area (Å²) in [4.78, 5) is 2.53. The highest BCUT2D eigenvalue weighted by Crippen LogP contribution is 2.19. The second-order valence-corrected chi connectivity index (χ2v) is 5.72. The number of benzene rings is 2. The van der Waals surface area contributed by atoms with E-state index in [1.54, 1.807) is 0 Å². The summed E-state index contributed by atoms with van der Waals surface area (Å²) < 4.78 is 2.12. The lowest BCUT2D eigenvalue weighted by Crippen LogP contribution is -2.33. The average molecular weight is 277 g/mol. The SMILES string of the molecule is c1ccc2c(c1)CCN(CCn1ncc3ccccc31)C2. The molecule has 3 heteroatoms. The van der Waals surface area contributed by atoms with Gasteiger partial charge in [0.2, 0.25) is 0 Å². The van der Waals surface area contributed by atoms with Gasteiger partial charge < -0.3 is 0 Å². The van der Waals surface area contributed by atoms with Crippen molar-refractivity contribution in [3.8, 4) is 0 Å². The molecule has 0 atom stereocenters. The summed E-state index contributed by atoms with van der Waals surface area (Å²) in [6.45, 7) is 4.22. The van der Waals surface area contributed by atoms with Gasteiger partial charge in [0, 0.05) is 25.0 Å². The Morgan fingerprint density at radius 1 is 0.905 bits per heavy atom. The Kier molecular flexibility index (Phi) is 3.20. The number of rotatable bonds is 3. The molecule has 0 radical (unpaired) electrons. The maximum atomic E-state index is 4.51. The van der Waals surface area contributed by atoms with Crippen molar-refractivity contribution in [2.75, 3.05) is 13.1 Å². The van der Waals surface area contributed by atoms with Crippen molar-refractivity contribution in [2.45, 2.75) is 19.5 Å². The van der Waals surface area contributed by atoms with Gasteiger partial charge >= 0.3 is 0 Å². The van der Waals surface area contributed by atoms with Gasteiger partial charge in [-0.1, -0.05) is 42.5 Å². The second kappa shape index (κ2) is 5.34. The molecule has 0 saturated carbocycles. The minimum absolute atomic E-state index is 0.954. The molecule has 0 aliphatic carbocycles. The van der Waals surface area contributed by atoms with Crippen LogP contribution in [0.3, 0.4) is 0 Å². The van der Waals surface area contributed by atoms with Crippen LogP contribution < -0.4 is 0 Å². The van der Waals surface area contributed by atoms with Crippen molar-refractivity contribution in [3.63, 3.8) is 0 Å². The van der Waals surface area contributed by atoms with Gasteiger partial charge in [-0.25, -0.2) is 0 Å². The average Bonchev–Trinajstić information content (AvgIpc) is 2.96. The van der Waals surface area contributed by atoms with E-state index in [0.29, 0.717) is 0 Å². The highest BCUT2D eigenvalue weighted by Gasteiger charge is 2.15. The Balaban J connectivity index is 1.46. The van der Waals surface area contributed by atoms with Crippen LogP contribution in [-0.4, -0.2) is 27.8 Å². The largest absolute Gasteiger partial charge is 0.297 e. The predicted octanol–water partition coefficient (Wildman–Crippen LogP) is 3.09. The zero-order valence-electron chi connectivity index (χ0n) is 12.1. The van der Waals surface area contributed by atoms with Crippen molar-refractivity contribution in [1.82, 2.24) is 14.7 Å². The molecule has 0 amide bonds. The summed E-state index contributed by atoms with van der Waals surface area (Å²) in [5.41, 5.74) is 4.22. The molecule has 0 bridgehead atoms. The standard InChI is InChI=1S/C18H19N3/c1-2-7-17-14-20(10-9-15(17)5-1)11-12-21-18-8-4-3-6-16(18)13-19-21/h1-8,13H,9-12,14H2. The highest BCUT2D eigenvalue weighted by molar-refractivity contribution is 5.78. The third-order valence-corrected chi connectivity index (χ3v) is 4.39. The Bertz CT molecular complexity index is 760. The van der Waals surface area contributed by atoms with Crippen LogP contribution in [-0.2, 0) is 19.5 Å². The summed E-state index contributed by atoms with van der Waals surface area (Å²) in [6.07, 6.45) is 3.12. The maximum absolute atomic E-state index is 4.51. The maximum Gasteiger partial charge on any atom is 0.0682 e. The quantitative estimate of drug-likeness (QED) is 0.733. The number of aromatic nitrogens is 2. The topological polar surface area (TPSA) is 21.1 Å². The Morgan fingerprint density at radius 2 is 1.71 bits per heavy atom. The van der Waals surface area contributed by atoms with E-state index in [1.165, 1.54) is 22.0 Å². The molecule has 0 spiro atoms. The smallest absolute Gasteiger partial charge is 0.0682 e. The zero-order valence-corrected chi connectivity index (χ0v) is 12.1. The second-order valence-electron chi connectivity index (χ2n) is 5.72. The molecule has 4 rings (SSSR count). The van der Waals surface area contributed by atoms with E-state index in [2.05, 4.69) is 63.2 Å². The molecule has 0 fully saturated rings. The van der Waals surface area contributed by atoms with Crippen molar-refractivity contribution in [1.29, 1.82) is 0 Å². The summed E-state index contributed by atoms with van der Waals surface area (Å²) in [5, 5.41) is 5.74. The molecule has 2 aromatic carbocycles. The van der Waals surface area contributed by atoms with E-state index in [0.717, 1.165) is 32.6 Å². The molecule has 0 saturated heterocycles. The number of nitrogens with zero attached hydrogens (tertiary/aromatic N) is 3. The van der Waals surface area contributed by atoms with Gasteiger partial charge in [-0.15, -0.1) is 0 Å². The normalized spacial score (nSPS) is 15.2. The van der Waals surface area contributed by atoms with Gasteiger partial charge in [-0.05, 0) is 23.6 Å². The minimum Gasteiger partial charge on any atom is -0.297 e. The molecule has 3 nitrogen and oxygen atoms in total. The Hall–Kier alpha value is -2.13. The molecule has 1 aliphatic heterocycles. The Labute approximate surface area is 124 Å². The van der Waals surface area contributed by atoms with E-state index >= 15 is 0 Å². The van der Waals surface area contributed by atoms with Gasteiger partial charge in [-0.3, -0.25) is 9.58 Å². The van der Waals surface area contributed by atoms with Crippen molar-refractivity contribution in [3.05, 3.63) is 65.9 Å². The van der Waals surface area contributed by atoms with Crippen LogP contribution in [0.5, 0.6) is 0 Å². The van der Waals surface area contributed by atoms with Gasteiger partial charge in [0.15, 0.2) is 0 Å². The summed E-state index contributed by atoms with van der Waals surface area (Å²) in [7, 11) is 0. The van der Waals surface area contributed by atoms with Gasteiger partial charge in [0.1, 0.15) is 0 Å².